The Kier molecular flexibility index (Phi) is 4.30. The largest absolute Gasteiger partial charge is 0.324 e. The summed E-state index contributed by atoms with van der Waals surface area (Å²) in [7, 11) is 0. The molecule has 3 aromatic rings. The van der Waals surface area contributed by atoms with Gasteiger partial charge in [-0.05, 0) is 37.1 Å². The van der Waals surface area contributed by atoms with Gasteiger partial charge >= 0.3 is 0 Å². The third-order valence-electron chi connectivity index (χ3n) is 3.60. The minimum absolute atomic E-state index is 0.0534. The van der Waals surface area contributed by atoms with E-state index < -0.39 is 0 Å². The molecule has 0 saturated heterocycles. The van der Waals surface area contributed by atoms with Crippen molar-refractivity contribution < 1.29 is 0 Å². The topological polar surface area (TPSA) is 59.8 Å². The minimum atomic E-state index is -0.0534. The fraction of sp³-hybridized carbons (Fsp3) is 0.235. The quantitative estimate of drug-likeness (QED) is 0.789. The molecular weight excluding hydrogens is 312 g/mol. The molecule has 0 aliphatic rings. The van der Waals surface area contributed by atoms with E-state index in [2.05, 4.69) is 15.3 Å². The number of fused-ring (bicyclic) bond motifs is 1. The molecule has 5 nitrogen and oxygen atoms in total. The summed E-state index contributed by atoms with van der Waals surface area (Å²) in [5.41, 5.74) is 2.39. The lowest BCUT2D eigenvalue weighted by molar-refractivity contribution is 0.671. The third-order valence-corrected chi connectivity index (χ3v) is 4.01. The highest BCUT2D eigenvalue weighted by Gasteiger charge is 2.07. The summed E-state index contributed by atoms with van der Waals surface area (Å²) < 4.78 is 1.67. The van der Waals surface area contributed by atoms with Gasteiger partial charge < -0.3 is 5.32 Å². The van der Waals surface area contributed by atoms with Crippen molar-refractivity contribution in [2.24, 2.45) is 0 Å². The molecule has 1 N–H and O–H groups in total. The summed E-state index contributed by atoms with van der Waals surface area (Å²) in [6.45, 7) is 4.60. The molecule has 23 heavy (non-hydrogen) atoms. The van der Waals surface area contributed by atoms with Crippen molar-refractivity contribution in [1.29, 1.82) is 0 Å². The van der Waals surface area contributed by atoms with Gasteiger partial charge in [0, 0.05) is 34.9 Å². The average Bonchev–Trinajstić information content (AvgIpc) is 2.54. The number of hydrogen-bond acceptors (Lipinski definition) is 4. The first kappa shape index (κ1) is 15.5. The number of nitrogens with zero attached hydrogens (tertiary/aromatic N) is 3. The Morgan fingerprint density at radius 3 is 2.83 bits per heavy atom. The van der Waals surface area contributed by atoms with Crippen molar-refractivity contribution in [3.05, 3.63) is 57.5 Å². The molecule has 0 unspecified atom stereocenters. The fourth-order valence-electron chi connectivity index (χ4n) is 2.37. The molecule has 0 aliphatic carbocycles. The van der Waals surface area contributed by atoms with Gasteiger partial charge in [-0.1, -0.05) is 24.6 Å². The van der Waals surface area contributed by atoms with E-state index in [1.165, 1.54) is 0 Å². The first-order valence-corrected chi connectivity index (χ1v) is 7.86. The predicted molar refractivity (Wildman–Crippen MR) is 93.6 cm³/mol. The van der Waals surface area contributed by atoms with Crippen molar-refractivity contribution in [2.75, 3.05) is 5.32 Å². The normalized spacial score (nSPS) is 10.9. The second-order valence-electron chi connectivity index (χ2n) is 5.38. The highest BCUT2D eigenvalue weighted by molar-refractivity contribution is 6.31. The van der Waals surface area contributed by atoms with Crippen molar-refractivity contribution in [1.82, 2.24) is 14.5 Å². The van der Waals surface area contributed by atoms with Gasteiger partial charge in [0.15, 0.2) is 0 Å². The lowest BCUT2D eigenvalue weighted by atomic mass is 10.2. The molecule has 0 atom stereocenters. The van der Waals surface area contributed by atoms with Crippen LogP contribution in [0.15, 0.2) is 41.3 Å². The van der Waals surface area contributed by atoms with Crippen LogP contribution in [0, 0.1) is 6.92 Å². The first-order valence-electron chi connectivity index (χ1n) is 7.48. The summed E-state index contributed by atoms with van der Waals surface area (Å²) in [5.74, 6) is 0.438. The van der Waals surface area contributed by atoms with Crippen molar-refractivity contribution >= 4 is 34.3 Å². The number of hydrogen-bond donors (Lipinski definition) is 1. The van der Waals surface area contributed by atoms with E-state index in [0.717, 1.165) is 23.1 Å². The van der Waals surface area contributed by atoms with Crippen LogP contribution in [0.3, 0.4) is 0 Å². The Hall–Kier alpha value is -2.40. The fourth-order valence-corrected chi connectivity index (χ4v) is 2.55. The molecule has 0 bridgehead atoms. The Morgan fingerprint density at radius 2 is 2.09 bits per heavy atom. The van der Waals surface area contributed by atoms with Crippen molar-refractivity contribution in [3.63, 3.8) is 0 Å². The number of pyridine rings is 1. The van der Waals surface area contributed by atoms with Crippen molar-refractivity contribution in [2.45, 2.75) is 26.8 Å². The van der Waals surface area contributed by atoms with E-state index in [0.29, 0.717) is 23.2 Å². The lowest BCUT2D eigenvalue weighted by Crippen LogP contribution is -2.20. The molecule has 3 rings (SSSR count). The molecule has 0 aliphatic heterocycles. The number of nitrogens with one attached hydrogen (secondary N) is 1. The summed E-state index contributed by atoms with van der Waals surface area (Å²) in [5, 5.41) is 4.65. The molecule has 1 aromatic carbocycles. The summed E-state index contributed by atoms with van der Waals surface area (Å²) in [6, 6.07) is 8.97. The summed E-state index contributed by atoms with van der Waals surface area (Å²) in [4.78, 5) is 20.8. The van der Waals surface area contributed by atoms with Crippen LogP contribution in [0.5, 0.6) is 0 Å². The van der Waals surface area contributed by atoms with Gasteiger partial charge in [-0.25, -0.2) is 4.98 Å². The van der Waals surface area contributed by atoms with Gasteiger partial charge in [0.25, 0.3) is 5.56 Å². The Labute approximate surface area is 139 Å². The molecular formula is C17H17ClN4O. The number of benzene rings is 1. The van der Waals surface area contributed by atoms with Gasteiger partial charge in [0.05, 0.1) is 0 Å². The zero-order valence-corrected chi connectivity index (χ0v) is 13.8. The number of aromatic nitrogens is 3. The van der Waals surface area contributed by atoms with Crippen LogP contribution in [0.25, 0.3) is 11.0 Å². The highest BCUT2D eigenvalue weighted by Crippen LogP contribution is 2.22. The van der Waals surface area contributed by atoms with Crippen LogP contribution in [-0.2, 0) is 6.54 Å². The molecule has 2 heterocycles. The maximum Gasteiger partial charge on any atom is 0.252 e. The Morgan fingerprint density at radius 1 is 1.26 bits per heavy atom. The van der Waals surface area contributed by atoms with Gasteiger partial charge in [0.2, 0.25) is 5.95 Å². The lowest BCUT2D eigenvalue weighted by Gasteiger charge is -2.10. The van der Waals surface area contributed by atoms with E-state index >= 15 is 0 Å². The Bertz CT molecular complexity index is 920. The first-order chi connectivity index (χ1) is 11.1. The van der Waals surface area contributed by atoms with Gasteiger partial charge in [-0.2, -0.15) is 4.98 Å². The number of halogens is 1. The standard InChI is InChI=1S/C17H17ClN4O/c1-3-8-22-15(23)7-5-12-10-19-17(21-16(12)22)20-13-6-4-11(2)14(18)9-13/h4-7,9-10H,3,8H2,1-2H3,(H,19,20,21). The van der Waals surface area contributed by atoms with Crippen molar-refractivity contribution in [3.8, 4) is 0 Å². The van der Waals surface area contributed by atoms with Crippen LogP contribution in [-0.4, -0.2) is 14.5 Å². The molecule has 2 aromatic heterocycles. The third kappa shape index (κ3) is 3.19. The minimum Gasteiger partial charge on any atom is -0.324 e. The molecule has 0 radical (unpaired) electrons. The van der Waals surface area contributed by atoms with E-state index in [4.69, 9.17) is 11.6 Å². The summed E-state index contributed by atoms with van der Waals surface area (Å²) in [6.07, 6.45) is 2.57. The highest BCUT2D eigenvalue weighted by atomic mass is 35.5. The monoisotopic (exact) mass is 328 g/mol. The van der Waals surface area contributed by atoms with Crippen LogP contribution >= 0.6 is 11.6 Å². The molecule has 6 heteroatoms. The van der Waals surface area contributed by atoms with E-state index in [1.54, 1.807) is 22.9 Å². The van der Waals surface area contributed by atoms with E-state index in [1.807, 2.05) is 32.0 Å². The molecule has 0 saturated carbocycles. The second-order valence-corrected chi connectivity index (χ2v) is 5.79. The molecule has 0 amide bonds. The van der Waals surface area contributed by atoms with Gasteiger partial charge in [-0.15, -0.1) is 0 Å². The smallest absolute Gasteiger partial charge is 0.252 e. The van der Waals surface area contributed by atoms with Crippen LogP contribution < -0.4 is 10.9 Å². The number of anilines is 2. The molecule has 118 valence electrons. The van der Waals surface area contributed by atoms with Crippen LogP contribution in [0.1, 0.15) is 18.9 Å². The number of aryl methyl sites for hydroxylation is 2. The van der Waals surface area contributed by atoms with Crippen LogP contribution in [0.4, 0.5) is 11.6 Å². The molecule has 0 fully saturated rings. The molecule has 0 spiro atoms. The average molecular weight is 329 g/mol. The predicted octanol–water partition coefficient (Wildman–Crippen LogP) is 3.91. The zero-order valence-electron chi connectivity index (χ0n) is 13.0. The number of rotatable bonds is 4. The van der Waals surface area contributed by atoms with E-state index in [9.17, 15) is 4.79 Å². The summed E-state index contributed by atoms with van der Waals surface area (Å²) >= 11 is 6.14. The van der Waals surface area contributed by atoms with Gasteiger partial charge in [0.1, 0.15) is 5.65 Å². The maximum atomic E-state index is 12.0. The SMILES string of the molecule is CCCn1c(=O)ccc2cnc(Nc3ccc(C)c(Cl)c3)nc21. The Balaban J connectivity index is 2.03. The zero-order chi connectivity index (χ0) is 16.4. The second kappa shape index (κ2) is 6.38. The maximum absolute atomic E-state index is 12.0. The van der Waals surface area contributed by atoms with E-state index in [-0.39, 0.29) is 5.56 Å². The van der Waals surface area contributed by atoms with Crippen LogP contribution in [0.2, 0.25) is 5.02 Å². The van der Waals surface area contributed by atoms with Gasteiger partial charge in [-0.3, -0.25) is 9.36 Å².